The summed E-state index contributed by atoms with van der Waals surface area (Å²) in [6.07, 6.45) is -2.49. The minimum Gasteiger partial charge on any atom is -0.455 e. The van der Waals surface area contributed by atoms with Crippen LogP contribution in [0.1, 0.15) is 33.4 Å². The molecule has 0 radical (unpaired) electrons. The van der Waals surface area contributed by atoms with Gasteiger partial charge in [0.1, 0.15) is 24.0 Å². The van der Waals surface area contributed by atoms with Crippen molar-refractivity contribution >= 4 is 35.1 Å². The summed E-state index contributed by atoms with van der Waals surface area (Å²) in [5, 5.41) is 17.0. The molecular formula is C20H19N5O8. The standard InChI is InChI=1S/C20H19N5O8/c1-9(26)24-17-13-5-6-14(25(13)23-8-22-17)19(7-21)18(31-11(3)28)20(32-12(4)29)15(16(20)33-19)30-10(2)27/h5-6,8,15-16,18H,1-4H3,(H,22,23,24,26)/t15?,16-,18+,19+,20-/m1/s1. The van der Waals surface area contributed by atoms with Gasteiger partial charge in [-0.15, -0.1) is 0 Å². The van der Waals surface area contributed by atoms with Gasteiger partial charge >= 0.3 is 17.9 Å². The lowest BCUT2D eigenvalue weighted by atomic mass is 9.90. The molecule has 0 bridgehead atoms. The van der Waals surface area contributed by atoms with E-state index in [2.05, 4.69) is 15.4 Å². The molecule has 1 saturated carbocycles. The molecule has 1 unspecified atom stereocenters. The average molecular weight is 457 g/mol. The number of carbonyl (C=O) groups excluding carboxylic acids is 4. The van der Waals surface area contributed by atoms with Crippen molar-refractivity contribution < 1.29 is 38.1 Å². The van der Waals surface area contributed by atoms with Gasteiger partial charge in [-0.25, -0.2) is 9.50 Å². The van der Waals surface area contributed by atoms with E-state index >= 15 is 0 Å². The third-order valence-electron chi connectivity index (χ3n) is 5.34. The van der Waals surface area contributed by atoms with Crippen LogP contribution in [0.15, 0.2) is 18.5 Å². The summed E-state index contributed by atoms with van der Waals surface area (Å²) in [4.78, 5) is 51.1. The molecule has 0 spiro atoms. The summed E-state index contributed by atoms with van der Waals surface area (Å²) in [6.45, 7) is 4.72. The van der Waals surface area contributed by atoms with Gasteiger partial charge < -0.3 is 24.3 Å². The summed E-state index contributed by atoms with van der Waals surface area (Å²) in [5.41, 5.74) is -3.26. The van der Waals surface area contributed by atoms with Crippen LogP contribution in [0.4, 0.5) is 5.82 Å². The number of fused-ring (bicyclic) bond motifs is 2. The number of rotatable bonds is 5. The fourth-order valence-corrected chi connectivity index (χ4v) is 4.26. The Kier molecular flexibility index (Phi) is 5.05. The Labute approximate surface area is 186 Å². The van der Waals surface area contributed by atoms with Crippen LogP contribution in [0.2, 0.25) is 0 Å². The SMILES string of the molecule is CC(=O)Nc1ncnn2c([C@]3(C#N)O[C@@H]4C(OC(C)=O)[C@]4(OC(C)=O)[C@H]3OC(C)=O)ccc12. The Morgan fingerprint density at radius 1 is 1.12 bits per heavy atom. The minimum atomic E-state index is -1.99. The molecule has 2 aliphatic rings. The van der Waals surface area contributed by atoms with Crippen molar-refractivity contribution in [3.63, 3.8) is 0 Å². The van der Waals surface area contributed by atoms with Gasteiger partial charge in [-0.05, 0) is 12.1 Å². The predicted molar refractivity (Wildman–Crippen MR) is 105 cm³/mol. The number of anilines is 1. The molecule has 0 aromatic carbocycles. The van der Waals surface area contributed by atoms with Crippen LogP contribution < -0.4 is 5.32 Å². The van der Waals surface area contributed by atoms with Crippen LogP contribution in [0.25, 0.3) is 5.52 Å². The molecule has 3 heterocycles. The Morgan fingerprint density at radius 2 is 1.82 bits per heavy atom. The summed E-state index contributed by atoms with van der Waals surface area (Å²) in [6, 6.07) is 5.05. The van der Waals surface area contributed by atoms with Gasteiger partial charge in [-0.1, -0.05) is 0 Å². The summed E-state index contributed by atoms with van der Waals surface area (Å²) < 4.78 is 23.5. The molecule has 1 amide bonds. The molecule has 13 nitrogen and oxygen atoms in total. The number of carbonyl (C=O) groups is 4. The zero-order chi connectivity index (χ0) is 24.1. The molecule has 13 heteroatoms. The monoisotopic (exact) mass is 457 g/mol. The zero-order valence-corrected chi connectivity index (χ0v) is 18.0. The highest BCUT2D eigenvalue weighted by Crippen LogP contribution is 2.62. The van der Waals surface area contributed by atoms with Gasteiger partial charge in [0.2, 0.25) is 17.1 Å². The van der Waals surface area contributed by atoms with Crippen LogP contribution in [0, 0.1) is 11.3 Å². The third kappa shape index (κ3) is 3.26. The van der Waals surface area contributed by atoms with Gasteiger partial charge in [-0.2, -0.15) is 10.4 Å². The molecule has 1 aliphatic carbocycles. The van der Waals surface area contributed by atoms with E-state index in [1.54, 1.807) is 6.07 Å². The summed E-state index contributed by atoms with van der Waals surface area (Å²) in [5.74, 6) is -2.40. The topological polar surface area (TPSA) is 171 Å². The highest BCUT2D eigenvalue weighted by molar-refractivity contribution is 5.92. The highest BCUT2D eigenvalue weighted by atomic mass is 16.7. The van der Waals surface area contributed by atoms with E-state index in [1.165, 1.54) is 17.5 Å². The van der Waals surface area contributed by atoms with E-state index in [0.29, 0.717) is 5.52 Å². The maximum atomic E-state index is 12.0. The fraction of sp³-hybridized carbons (Fsp3) is 0.450. The zero-order valence-electron chi connectivity index (χ0n) is 18.0. The lowest BCUT2D eigenvalue weighted by Gasteiger charge is -2.33. The maximum Gasteiger partial charge on any atom is 0.303 e. The van der Waals surface area contributed by atoms with E-state index in [-0.39, 0.29) is 17.4 Å². The van der Waals surface area contributed by atoms with Crippen molar-refractivity contribution in [3.05, 3.63) is 24.2 Å². The number of nitrogens with one attached hydrogen (secondary N) is 1. The maximum absolute atomic E-state index is 12.0. The first-order valence-electron chi connectivity index (χ1n) is 9.80. The van der Waals surface area contributed by atoms with Crippen molar-refractivity contribution in [2.24, 2.45) is 0 Å². The number of aromatic nitrogens is 3. The van der Waals surface area contributed by atoms with Crippen molar-refractivity contribution in [3.8, 4) is 6.07 Å². The van der Waals surface area contributed by atoms with E-state index in [0.717, 1.165) is 27.1 Å². The largest absolute Gasteiger partial charge is 0.455 e. The molecule has 1 aliphatic heterocycles. The second-order valence-electron chi connectivity index (χ2n) is 7.66. The van der Waals surface area contributed by atoms with Crippen LogP contribution in [0.3, 0.4) is 0 Å². The number of esters is 3. The Morgan fingerprint density at radius 3 is 2.39 bits per heavy atom. The first-order valence-corrected chi connectivity index (χ1v) is 9.80. The van der Waals surface area contributed by atoms with Crippen molar-refractivity contribution in [1.82, 2.24) is 14.6 Å². The Balaban J connectivity index is 1.88. The molecule has 2 aromatic rings. The molecule has 33 heavy (non-hydrogen) atoms. The second kappa shape index (κ2) is 7.52. The number of nitrogens with zero attached hydrogens (tertiary/aromatic N) is 4. The molecule has 1 N–H and O–H groups in total. The fourth-order valence-electron chi connectivity index (χ4n) is 4.26. The van der Waals surface area contributed by atoms with E-state index in [1.807, 2.05) is 6.07 Å². The van der Waals surface area contributed by atoms with Crippen molar-refractivity contribution in [1.29, 1.82) is 5.26 Å². The lowest BCUT2D eigenvalue weighted by molar-refractivity contribution is -0.186. The molecule has 172 valence electrons. The molecule has 1 saturated heterocycles. The van der Waals surface area contributed by atoms with Crippen LogP contribution in [-0.2, 0) is 43.7 Å². The smallest absolute Gasteiger partial charge is 0.303 e. The van der Waals surface area contributed by atoms with Gasteiger partial charge in [0, 0.05) is 27.7 Å². The molecular weight excluding hydrogens is 438 g/mol. The Hall–Kier alpha value is -4.05. The highest BCUT2D eigenvalue weighted by Gasteiger charge is 2.88. The summed E-state index contributed by atoms with van der Waals surface area (Å²) in [7, 11) is 0. The second-order valence-corrected chi connectivity index (χ2v) is 7.66. The summed E-state index contributed by atoms with van der Waals surface area (Å²) >= 11 is 0. The van der Waals surface area contributed by atoms with E-state index in [4.69, 9.17) is 18.9 Å². The molecule has 2 aromatic heterocycles. The van der Waals surface area contributed by atoms with Gasteiger partial charge in [0.15, 0.2) is 18.0 Å². The number of hydrogen-bond acceptors (Lipinski definition) is 11. The average Bonchev–Trinajstić information content (AvgIpc) is 3.02. The van der Waals surface area contributed by atoms with Gasteiger partial charge in [-0.3, -0.25) is 19.2 Å². The first kappa shape index (κ1) is 22.2. The molecule has 2 fully saturated rings. The first-order chi connectivity index (χ1) is 15.6. The number of amides is 1. The van der Waals surface area contributed by atoms with Crippen molar-refractivity contribution in [2.45, 2.75) is 57.2 Å². The third-order valence-corrected chi connectivity index (χ3v) is 5.34. The van der Waals surface area contributed by atoms with Gasteiger partial charge in [0.25, 0.3) is 0 Å². The van der Waals surface area contributed by atoms with Crippen molar-refractivity contribution in [2.75, 3.05) is 5.32 Å². The van der Waals surface area contributed by atoms with E-state index < -0.39 is 47.4 Å². The predicted octanol–water partition coefficient (Wildman–Crippen LogP) is -0.0157. The number of ether oxygens (including phenoxy) is 4. The normalized spacial score (nSPS) is 29.5. The number of hydrogen-bond donors (Lipinski definition) is 1. The lowest BCUT2D eigenvalue weighted by Crippen LogP contribution is -2.51. The van der Waals surface area contributed by atoms with Crippen LogP contribution >= 0.6 is 0 Å². The number of nitriles is 1. The minimum absolute atomic E-state index is 0.126. The van der Waals surface area contributed by atoms with Crippen LogP contribution in [0.5, 0.6) is 0 Å². The molecule has 4 rings (SSSR count). The van der Waals surface area contributed by atoms with E-state index in [9.17, 15) is 24.4 Å². The quantitative estimate of drug-likeness (QED) is 0.472. The van der Waals surface area contributed by atoms with Gasteiger partial charge in [0.05, 0.1) is 5.69 Å². The molecule has 5 atom stereocenters. The Bertz CT molecular complexity index is 1230. The van der Waals surface area contributed by atoms with Crippen LogP contribution in [-0.4, -0.2) is 62.3 Å².